The Morgan fingerprint density at radius 2 is 1.85 bits per heavy atom. The molecule has 0 aliphatic rings. The summed E-state index contributed by atoms with van der Waals surface area (Å²) in [5, 5.41) is 3.07. The SMILES string of the molecule is CC.CCNCc1ccccc1F. The van der Waals surface area contributed by atoms with E-state index in [2.05, 4.69) is 5.32 Å². The predicted molar refractivity (Wildman–Crippen MR) is 55.1 cm³/mol. The van der Waals surface area contributed by atoms with Gasteiger partial charge >= 0.3 is 0 Å². The lowest BCUT2D eigenvalue weighted by molar-refractivity contribution is 0.593. The van der Waals surface area contributed by atoms with Crippen molar-refractivity contribution >= 4 is 0 Å². The summed E-state index contributed by atoms with van der Waals surface area (Å²) in [6.07, 6.45) is 0. The quantitative estimate of drug-likeness (QED) is 0.759. The van der Waals surface area contributed by atoms with Crippen molar-refractivity contribution < 1.29 is 4.39 Å². The van der Waals surface area contributed by atoms with Crippen LogP contribution in [0, 0.1) is 5.82 Å². The van der Waals surface area contributed by atoms with Gasteiger partial charge in [0.15, 0.2) is 0 Å². The third-order valence-electron chi connectivity index (χ3n) is 1.52. The van der Waals surface area contributed by atoms with E-state index in [-0.39, 0.29) is 5.82 Å². The van der Waals surface area contributed by atoms with Gasteiger partial charge in [0.25, 0.3) is 0 Å². The number of benzene rings is 1. The lowest BCUT2D eigenvalue weighted by atomic mass is 10.2. The fraction of sp³-hybridized carbons (Fsp3) is 0.455. The smallest absolute Gasteiger partial charge is 0.127 e. The number of hydrogen-bond acceptors (Lipinski definition) is 1. The van der Waals surface area contributed by atoms with Gasteiger partial charge in [-0.25, -0.2) is 4.39 Å². The first-order valence-corrected chi connectivity index (χ1v) is 4.78. The summed E-state index contributed by atoms with van der Waals surface area (Å²) in [5.74, 6) is -0.131. The molecular weight excluding hydrogens is 165 g/mol. The van der Waals surface area contributed by atoms with Crippen LogP contribution in [0.4, 0.5) is 4.39 Å². The minimum Gasteiger partial charge on any atom is -0.313 e. The maximum Gasteiger partial charge on any atom is 0.127 e. The topological polar surface area (TPSA) is 12.0 Å². The molecule has 1 nitrogen and oxygen atoms in total. The summed E-state index contributed by atoms with van der Waals surface area (Å²) < 4.78 is 12.9. The van der Waals surface area contributed by atoms with E-state index >= 15 is 0 Å². The molecule has 2 heteroatoms. The van der Waals surface area contributed by atoms with Crippen molar-refractivity contribution in [3.05, 3.63) is 35.6 Å². The van der Waals surface area contributed by atoms with Gasteiger partial charge in [0.1, 0.15) is 5.82 Å². The molecule has 1 aromatic carbocycles. The molecule has 1 rings (SSSR count). The highest BCUT2D eigenvalue weighted by Gasteiger charge is 1.97. The normalized spacial score (nSPS) is 8.92. The Bertz CT molecular complexity index is 223. The number of rotatable bonds is 3. The molecule has 0 spiro atoms. The van der Waals surface area contributed by atoms with Crippen LogP contribution in [0.25, 0.3) is 0 Å². The molecule has 0 heterocycles. The third kappa shape index (κ3) is 4.63. The van der Waals surface area contributed by atoms with Crippen LogP contribution in [0.15, 0.2) is 24.3 Å². The zero-order chi connectivity index (χ0) is 10.1. The van der Waals surface area contributed by atoms with Crippen LogP contribution >= 0.6 is 0 Å². The molecule has 0 aliphatic carbocycles. The minimum atomic E-state index is -0.131. The van der Waals surface area contributed by atoms with Crippen LogP contribution in [-0.2, 0) is 6.54 Å². The van der Waals surface area contributed by atoms with E-state index in [0.29, 0.717) is 6.54 Å². The largest absolute Gasteiger partial charge is 0.313 e. The van der Waals surface area contributed by atoms with Crippen LogP contribution in [0.1, 0.15) is 26.3 Å². The molecule has 0 saturated carbocycles. The highest BCUT2D eigenvalue weighted by atomic mass is 19.1. The second-order valence-electron chi connectivity index (χ2n) is 2.37. The van der Waals surface area contributed by atoms with Crippen LogP contribution in [0.5, 0.6) is 0 Å². The van der Waals surface area contributed by atoms with Gasteiger partial charge in [-0.15, -0.1) is 0 Å². The van der Waals surface area contributed by atoms with E-state index in [4.69, 9.17) is 0 Å². The predicted octanol–water partition coefficient (Wildman–Crippen LogP) is 2.96. The van der Waals surface area contributed by atoms with Gasteiger partial charge in [-0.3, -0.25) is 0 Å². The van der Waals surface area contributed by atoms with Gasteiger partial charge < -0.3 is 5.32 Å². The summed E-state index contributed by atoms with van der Waals surface area (Å²) >= 11 is 0. The molecular formula is C11H18FN. The first kappa shape index (κ1) is 12.1. The summed E-state index contributed by atoms with van der Waals surface area (Å²) in [7, 11) is 0. The van der Waals surface area contributed by atoms with E-state index in [1.54, 1.807) is 12.1 Å². The summed E-state index contributed by atoms with van der Waals surface area (Å²) in [6, 6.07) is 6.81. The lowest BCUT2D eigenvalue weighted by Crippen LogP contribution is -2.12. The van der Waals surface area contributed by atoms with Crippen LogP contribution in [0.3, 0.4) is 0 Å². The highest BCUT2D eigenvalue weighted by Crippen LogP contribution is 2.04. The molecule has 1 N–H and O–H groups in total. The molecule has 13 heavy (non-hydrogen) atoms. The van der Waals surface area contributed by atoms with Crippen molar-refractivity contribution in [3.8, 4) is 0 Å². The van der Waals surface area contributed by atoms with Crippen molar-refractivity contribution in [2.45, 2.75) is 27.3 Å². The standard InChI is InChI=1S/C9H12FN.C2H6/c1-2-11-7-8-5-3-4-6-9(8)10;1-2/h3-6,11H,2,7H2,1H3;1-2H3. The molecule has 0 saturated heterocycles. The molecule has 0 bridgehead atoms. The second-order valence-corrected chi connectivity index (χ2v) is 2.37. The summed E-state index contributed by atoms with van der Waals surface area (Å²) in [6.45, 7) is 7.48. The van der Waals surface area contributed by atoms with Crippen molar-refractivity contribution in [2.24, 2.45) is 0 Å². The molecule has 1 aromatic rings. The summed E-state index contributed by atoms with van der Waals surface area (Å²) in [4.78, 5) is 0. The highest BCUT2D eigenvalue weighted by molar-refractivity contribution is 5.16. The molecule has 0 radical (unpaired) electrons. The van der Waals surface area contributed by atoms with Gasteiger partial charge in [-0.2, -0.15) is 0 Å². The second kappa shape index (κ2) is 7.74. The Hall–Kier alpha value is -0.890. The van der Waals surface area contributed by atoms with E-state index < -0.39 is 0 Å². The lowest BCUT2D eigenvalue weighted by Gasteiger charge is -2.01. The van der Waals surface area contributed by atoms with Gasteiger partial charge in [-0.05, 0) is 12.6 Å². The Morgan fingerprint density at radius 1 is 1.23 bits per heavy atom. The van der Waals surface area contributed by atoms with Gasteiger partial charge in [0.2, 0.25) is 0 Å². The van der Waals surface area contributed by atoms with Crippen LogP contribution in [0.2, 0.25) is 0 Å². The average Bonchev–Trinajstić information content (AvgIpc) is 2.20. The average molecular weight is 183 g/mol. The Kier molecular flexibility index (Phi) is 7.21. The Labute approximate surface area is 80.0 Å². The van der Waals surface area contributed by atoms with Crippen molar-refractivity contribution in [3.63, 3.8) is 0 Å². The monoisotopic (exact) mass is 183 g/mol. The van der Waals surface area contributed by atoms with E-state index in [1.807, 2.05) is 26.8 Å². The first-order chi connectivity index (χ1) is 6.34. The fourth-order valence-corrected chi connectivity index (χ4v) is 0.901. The van der Waals surface area contributed by atoms with Crippen molar-refractivity contribution in [1.29, 1.82) is 0 Å². The van der Waals surface area contributed by atoms with E-state index in [1.165, 1.54) is 6.07 Å². The van der Waals surface area contributed by atoms with Gasteiger partial charge in [-0.1, -0.05) is 39.0 Å². The zero-order valence-corrected chi connectivity index (χ0v) is 8.60. The van der Waals surface area contributed by atoms with Gasteiger partial charge in [0.05, 0.1) is 0 Å². The fourth-order valence-electron chi connectivity index (χ4n) is 0.901. The van der Waals surface area contributed by atoms with E-state index in [9.17, 15) is 4.39 Å². The van der Waals surface area contributed by atoms with Gasteiger partial charge in [0, 0.05) is 12.1 Å². The number of hydrogen-bond donors (Lipinski definition) is 1. The Morgan fingerprint density at radius 3 is 2.38 bits per heavy atom. The minimum absolute atomic E-state index is 0.131. The third-order valence-corrected chi connectivity index (χ3v) is 1.52. The van der Waals surface area contributed by atoms with Crippen molar-refractivity contribution in [1.82, 2.24) is 5.32 Å². The van der Waals surface area contributed by atoms with Crippen LogP contribution in [-0.4, -0.2) is 6.54 Å². The molecule has 0 aliphatic heterocycles. The molecule has 0 atom stereocenters. The van der Waals surface area contributed by atoms with Crippen LogP contribution < -0.4 is 5.32 Å². The molecule has 74 valence electrons. The molecule has 0 amide bonds. The number of nitrogens with one attached hydrogen (secondary N) is 1. The molecule has 0 unspecified atom stereocenters. The van der Waals surface area contributed by atoms with Crippen molar-refractivity contribution in [2.75, 3.05) is 6.54 Å². The summed E-state index contributed by atoms with van der Waals surface area (Å²) in [5.41, 5.74) is 0.731. The number of halogens is 1. The maximum absolute atomic E-state index is 12.9. The zero-order valence-electron chi connectivity index (χ0n) is 8.60. The van der Waals surface area contributed by atoms with E-state index in [0.717, 1.165) is 12.1 Å². The Balaban J connectivity index is 0.000000671. The first-order valence-electron chi connectivity index (χ1n) is 4.78. The molecule has 0 aromatic heterocycles. The maximum atomic E-state index is 12.9. The molecule has 0 fully saturated rings.